The first-order valence-corrected chi connectivity index (χ1v) is 7.12. The van der Waals surface area contributed by atoms with Crippen molar-refractivity contribution in [1.82, 2.24) is 0 Å². The van der Waals surface area contributed by atoms with Crippen LogP contribution in [0.4, 0.5) is 23.2 Å². The summed E-state index contributed by atoms with van der Waals surface area (Å²) in [6, 6.07) is 10.1. The molecule has 0 saturated heterocycles. The second-order valence-corrected chi connectivity index (χ2v) is 5.04. The summed E-state index contributed by atoms with van der Waals surface area (Å²) in [4.78, 5) is 0. The summed E-state index contributed by atoms with van der Waals surface area (Å²) in [6.07, 6.45) is -4.44. The molecule has 0 unspecified atom stereocenters. The van der Waals surface area contributed by atoms with E-state index in [2.05, 4.69) is 5.32 Å². The fourth-order valence-corrected chi connectivity index (χ4v) is 2.06. The van der Waals surface area contributed by atoms with Crippen LogP contribution in [0.1, 0.15) is 11.1 Å². The zero-order valence-electron chi connectivity index (χ0n) is 13.2. The van der Waals surface area contributed by atoms with E-state index in [-0.39, 0.29) is 23.6 Å². The fraction of sp³-hybridized carbons (Fsp3) is 0.235. The SMILES string of the molecule is COc1cc(CNc2ccc(F)cc2C#N)ccc1OCC(F)(F)F. The number of ether oxygens (including phenoxy) is 2. The molecule has 0 radical (unpaired) electrons. The maximum Gasteiger partial charge on any atom is 0.422 e. The highest BCUT2D eigenvalue weighted by Gasteiger charge is 2.29. The van der Waals surface area contributed by atoms with E-state index in [1.54, 1.807) is 6.07 Å². The second kappa shape index (κ2) is 7.75. The molecular formula is C17H14F4N2O2. The van der Waals surface area contributed by atoms with Gasteiger partial charge in [-0.3, -0.25) is 0 Å². The first-order chi connectivity index (χ1) is 11.8. The Kier molecular flexibility index (Phi) is 5.70. The molecule has 0 spiro atoms. The second-order valence-electron chi connectivity index (χ2n) is 5.04. The molecule has 132 valence electrons. The number of hydrogen-bond acceptors (Lipinski definition) is 4. The maximum absolute atomic E-state index is 13.1. The van der Waals surface area contributed by atoms with E-state index < -0.39 is 18.6 Å². The zero-order chi connectivity index (χ0) is 18.4. The minimum atomic E-state index is -4.44. The minimum absolute atomic E-state index is 0.0249. The molecule has 0 saturated carbocycles. The normalized spacial score (nSPS) is 10.9. The van der Waals surface area contributed by atoms with Gasteiger partial charge in [0.05, 0.1) is 18.4 Å². The highest BCUT2D eigenvalue weighted by molar-refractivity contribution is 5.57. The smallest absolute Gasteiger partial charge is 0.422 e. The van der Waals surface area contributed by atoms with E-state index in [9.17, 15) is 17.6 Å². The number of methoxy groups -OCH3 is 1. The van der Waals surface area contributed by atoms with Gasteiger partial charge in [0, 0.05) is 6.54 Å². The predicted molar refractivity (Wildman–Crippen MR) is 83.0 cm³/mol. The Balaban J connectivity index is 2.10. The number of alkyl halides is 3. The molecule has 0 atom stereocenters. The first-order valence-electron chi connectivity index (χ1n) is 7.12. The molecule has 8 heteroatoms. The molecule has 2 aromatic carbocycles. The van der Waals surface area contributed by atoms with Crippen LogP contribution in [0, 0.1) is 17.1 Å². The van der Waals surface area contributed by atoms with Gasteiger partial charge in [-0.15, -0.1) is 0 Å². The number of nitrogens with one attached hydrogen (secondary N) is 1. The number of nitrogens with zero attached hydrogens (tertiary/aromatic N) is 1. The van der Waals surface area contributed by atoms with Crippen LogP contribution < -0.4 is 14.8 Å². The largest absolute Gasteiger partial charge is 0.493 e. The minimum Gasteiger partial charge on any atom is -0.493 e. The van der Waals surface area contributed by atoms with Gasteiger partial charge in [0.25, 0.3) is 0 Å². The van der Waals surface area contributed by atoms with Crippen LogP contribution in [0.5, 0.6) is 11.5 Å². The summed E-state index contributed by atoms with van der Waals surface area (Å²) < 4.78 is 59.6. The highest BCUT2D eigenvalue weighted by atomic mass is 19.4. The lowest BCUT2D eigenvalue weighted by molar-refractivity contribution is -0.153. The van der Waals surface area contributed by atoms with Crippen molar-refractivity contribution in [3.05, 3.63) is 53.3 Å². The molecule has 2 aromatic rings. The Morgan fingerprint density at radius 2 is 1.88 bits per heavy atom. The van der Waals surface area contributed by atoms with Crippen molar-refractivity contribution in [2.45, 2.75) is 12.7 Å². The van der Waals surface area contributed by atoms with Crippen molar-refractivity contribution in [1.29, 1.82) is 5.26 Å². The molecule has 0 aliphatic rings. The van der Waals surface area contributed by atoms with Gasteiger partial charge in [-0.1, -0.05) is 6.07 Å². The molecule has 0 aliphatic heterocycles. The number of hydrogen-bond donors (Lipinski definition) is 1. The average molecular weight is 354 g/mol. The van der Waals surface area contributed by atoms with Crippen LogP contribution >= 0.6 is 0 Å². The van der Waals surface area contributed by atoms with Crippen LogP contribution in [0.15, 0.2) is 36.4 Å². The van der Waals surface area contributed by atoms with Crippen LogP contribution in [0.2, 0.25) is 0 Å². The van der Waals surface area contributed by atoms with E-state index in [1.165, 1.54) is 31.4 Å². The molecule has 0 aromatic heterocycles. The Hall–Kier alpha value is -2.95. The molecule has 1 N–H and O–H groups in total. The standard InChI is InChI=1S/C17H14F4N2O2/c1-24-16-6-11(2-5-15(16)25-10-17(19,20)21)9-23-14-4-3-13(18)7-12(14)8-22/h2-7,23H,9-10H2,1H3. The third kappa shape index (κ3) is 5.28. The van der Waals surface area contributed by atoms with E-state index in [4.69, 9.17) is 14.7 Å². The third-order valence-corrected chi connectivity index (χ3v) is 3.20. The van der Waals surface area contributed by atoms with Gasteiger partial charge in [0.2, 0.25) is 0 Å². The third-order valence-electron chi connectivity index (χ3n) is 3.20. The molecule has 0 heterocycles. The fourth-order valence-electron chi connectivity index (χ4n) is 2.06. The lowest BCUT2D eigenvalue weighted by atomic mass is 10.1. The van der Waals surface area contributed by atoms with Crippen molar-refractivity contribution < 1.29 is 27.0 Å². The van der Waals surface area contributed by atoms with Crippen molar-refractivity contribution in [2.75, 3.05) is 19.0 Å². The Bertz CT molecular complexity index is 785. The molecule has 0 fully saturated rings. The number of benzene rings is 2. The van der Waals surface area contributed by atoms with Crippen molar-refractivity contribution in [2.24, 2.45) is 0 Å². The summed E-state index contributed by atoms with van der Waals surface area (Å²) in [5.41, 5.74) is 1.28. The van der Waals surface area contributed by atoms with E-state index in [1.807, 2.05) is 6.07 Å². The van der Waals surface area contributed by atoms with Gasteiger partial charge in [-0.05, 0) is 35.9 Å². The summed E-state index contributed by atoms with van der Waals surface area (Å²) in [5.74, 6) is -0.388. The van der Waals surface area contributed by atoms with Gasteiger partial charge in [-0.25, -0.2) is 4.39 Å². The Labute approximate surface area is 141 Å². The van der Waals surface area contributed by atoms with Gasteiger partial charge in [-0.2, -0.15) is 18.4 Å². The lowest BCUT2D eigenvalue weighted by Gasteiger charge is -2.14. The maximum atomic E-state index is 13.1. The van der Waals surface area contributed by atoms with Gasteiger partial charge >= 0.3 is 6.18 Å². The predicted octanol–water partition coefficient (Wildman–Crippen LogP) is 4.26. The van der Waals surface area contributed by atoms with Crippen LogP contribution in [0.3, 0.4) is 0 Å². The first kappa shape index (κ1) is 18.4. The van der Waals surface area contributed by atoms with Crippen molar-refractivity contribution in [3.8, 4) is 17.6 Å². The molecule has 25 heavy (non-hydrogen) atoms. The quantitative estimate of drug-likeness (QED) is 0.788. The van der Waals surface area contributed by atoms with Gasteiger partial charge in [0.1, 0.15) is 11.9 Å². The van der Waals surface area contributed by atoms with Crippen LogP contribution in [0.25, 0.3) is 0 Å². The zero-order valence-corrected chi connectivity index (χ0v) is 13.2. The Morgan fingerprint density at radius 3 is 2.52 bits per heavy atom. The number of rotatable bonds is 6. The van der Waals surface area contributed by atoms with Crippen molar-refractivity contribution in [3.63, 3.8) is 0 Å². The average Bonchev–Trinajstić information content (AvgIpc) is 2.58. The summed E-state index contributed by atoms with van der Waals surface area (Å²) >= 11 is 0. The molecular weight excluding hydrogens is 340 g/mol. The Morgan fingerprint density at radius 1 is 1.12 bits per heavy atom. The van der Waals surface area contributed by atoms with Crippen LogP contribution in [-0.2, 0) is 6.54 Å². The van der Waals surface area contributed by atoms with E-state index >= 15 is 0 Å². The number of nitriles is 1. The molecule has 0 aliphatic carbocycles. The molecule has 0 bridgehead atoms. The molecule has 4 nitrogen and oxygen atoms in total. The number of halogens is 4. The van der Waals surface area contributed by atoms with Crippen molar-refractivity contribution >= 4 is 5.69 Å². The van der Waals surface area contributed by atoms with E-state index in [0.29, 0.717) is 11.3 Å². The summed E-state index contributed by atoms with van der Waals surface area (Å²) in [7, 11) is 1.32. The summed E-state index contributed by atoms with van der Waals surface area (Å²) in [5, 5.41) is 12.0. The molecule has 0 amide bonds. The topological polar surface area (TPSA) is 54.3 Å². The van der Waals surface area contributed by atoms with Gasteiger partial charge in [0.15, 0.2) is 18.1 Å². The lowest BCUT2D eigenvalue weighted by Crippen LogP contribution is -2.19. The molecule has 2 rings (SSSR count). The van der Waals surface area contributed by atoms with Crippen LogP contribution in [-0.4, -0.2) is 19.9 Å². The summed E-state index contributed by atoms with van der Waals surface area (Å²) in [6.45, 7) is -1.15. The number of anilines is 1. The van der Waals surface area contributed by atoms with Gasteiger partial charge < -0.3 is 14.8 Å². The highest BCUT2D eigenvalue weighted by Crippen LogP contribution is 2.30. The van der Waals surface area contributed by atoms with E-state index in [0.717, 1.165) is 6.07 Å². The monoisotopic (exact) mass is 354 g/mol.